The van der Waals surface area contributed by atoms with Gasteiger partial charge in [-0.15, -0.1) is 0 Å². The van der Waals surface area contributed by atoms with Crippen molar-refractivity contribution in [3.05, 3.63) is 29.8 Å². The van der Waals surface area contributed by atoms with Gasteiger partial charge in [-0.25, -0.2) is 10.4 Å². The Kier molecular flexibility index (Phi) is 29.4. The first kappa shape index (κ1) is 66.0. The van der Waals surface area contributed by atoms with Crippen LogP contribution in [-0.4, -0.2) is 182 Å². The molecule has 3 rings (SSSR count). The van der Waals surface area contributed by atoms with Crippen molar-refractivity contribution in [1.29, 1.82) is 0 Å². The van der Waals surface area contributed by atoms with Gasteiger partial charge >= 0.3 is 0 Å². The van der Waals surface area contributed by atoms with Crippen LogP contribution in [0.1, 0.15) is 65.4 Å². The lowest BCUT2D eigenvalue weighted by Gasteiger charge is -2.30. The molecule has 0 radical (unpaired) electrons. The Balaban J connectivity index is 1.51. The quantitative estimate of drug-likeness (QED) is 0.0129. The van der Waals surface area contributed by atoms with Gasteiger partial charge in [-0.1, -0.05) is 62.2 Å². The molecule has 76 heavy (non-hydrogen) atoms. The number of ketones is 3. The van der Waals surface area contributed by atoms with Crippen LogP contribution >= 0.6 is 68.4 Å². The van der Waals surface area contributed by atoms with Crippen LogP contribution in [-0.2, 0) is 59.2 Å². The van der Waals surface area contributed by atoms with Gasteiger partial charge in [-0.3, -0.25) is 58.1 Å². The number of aliphatic hydroxyl groups is 1. The Bertz CT molecular complexity index is 2200. The predicted octanol–water partition coefficient (Wildman–Crippen LogP) is -2.11. The van der Waals surface area contributed by atoms with Gasteiger partial charge in [-0.05, 0) is 70.1 Å². The molecule has 424 valence electrons. The molecule has 2 saturated heterocycles. The average Bonchev–Trinajstić information content (AvgIpc) is 3.84. The number of thiol groups is 2. The minimum absolute atomic E-state index is 0.00357. The summed E-state index contributed by atoms with van der Waals surface area (Å²) in [5.74, 6) is -5.97. The number of benzene rings is 1. The Hall–Kier alpha value is -4.27. The van der Waals surface area contributed by atoms with Crippen LogP contribution in [0.3, 0.4) is 0 Å². The Morgan fingerprint density at radius 1 is 0.868 bits per heavy atom. The lowest BCUT2D eigenvalue weighted by Crippen LogP contribution is -2.61. The van der Waals surface area contributed by atoms with E-state index >= 15 is 0 Å². The molecule has 2 fully saturated rings. The number of nitrogens with zero attached hydrogens (tertiary/aromatic N) is 1. The summed E-state index contributed by atoms with van der Waals surface area (Å²) >= 11 is 8.53. The molecule has 2 heterocycles. The van der Waals surface area contributed by atoms with Crippen LogP contribution in [0.5, 0.6) is 5.75 Å². The number of nitrogens with two attached hydrogens (primary N) is 2. The van der Waals surface area contributed by atoms with Gasteiger partial charge in [0.05, 0.1) is 48.8 Å². The predicted molar refractivity (Wildman–Crippen MR) is 299 cm³/mol. The van der Waals surface area contributed by atoms with E-state index in [0.29, 0.717) is 30.6 Å². The lowest BCUT2D eigenvalue weighted by molar-refractivity contribution is -0.140. The van der Waals surface area contributed by atoms with Crippen LogP contribution in [0.15, 0.2) is 24.3 Å². The number of aliphatic hydroxyl groups excluding tert-OH is 1. The number of amides is 8. The summed E-state index contributed by atoms with van der Waals surface area (Å²) in [5, 5.41) is 39.2. The summed E-state index contributed by atoms with van der Waals surface area (Å²) in [5.41, 5.74) is 14.3. The highest BCUT2D eigenvalue weighted by atomic mass is 33.1. The second-order valence-corrected chi connectivity index (χ2v) is 23.9. The van der Waals surface area contributed by atoms with Crippen molar-refractivity contribution in [3.63, 3.8) is 0 Å². The number of nitrogens with one attached hydrogen (secondary N) is 8. The number of hydrazine groups is 1. The molecule has 24 nitrogen and oxygen atoms in total. The zero-order chi connectivity index (χ0) is 56.6. The maximum Gasteiger partial charge on any atom is 0.245 e. The fraction of sp³-hybridized carbons (Fsp3) is 0.630. The third kappa shape index (κ3) is 22.2. The normalized spacial score (nSPS) is 21.1. The van der Waals surface area contributed by atoms with Crippen molar-refractivity contribution in [1.82, 2.24) is 47.7 Å². The number of phenolic OH excluding ortho intramolecular Hbond substituents is 1. The standard InChI is InChI=1S/C46H71N11O13S6/c1-5-28-13-27(19-73-75-21-35(60)32(17-71)54-43(28)67)20-74-76-22-50-33(18-72)40(64)39(63)23(2)52-45(69)34-7-6-12-57(34)56-31(15-36(47)61)44(68)55-38(25(4)58)46(70)49-16-37(62)51-24(3)42(66)53-30(41(48)65)14-26-8-10-29(59)11-9-26/h8-11,23-25,27-28,30-34,38,50,56,58-59,71-72H,5-7,12-22H2,1-4H3,(H2,47,61)(H2,48,65)(H,49,70)(H,51,62)(H,52,69)(H,53,66)(H,54,67)(H,55,68)/t23-,24?,25+,27?,28+,30-,31?,32-,33-,34-,38-/m0/s1. The number of hydrogen-bond acceptors (Lipinski definition) is 22. The van der Waals surface area contributed by atoms with Crippen LogP contribution < -0.4 is 54.1 Å². The first-order chi connectivity index (χ1) is 36.0. The van der Waals surface area contributed by atoms with E-state index in [4.69, 9.17) is 11.5 Å². The van der Waals surface area contributed by atoms with Crippen molar-refractivity contribution in [3.8, 4) is 5.75 Å². The van der Waals surface area contributed by atoms with Crippen LogP contribution in [0.4, 0.5) is 0 Å². The number of aromatic hydroxyl groups is 1. The minimum Gasteiger partial charge on any atom is -0.508 e. The largest absolute Gasteiger partial charge is 0.508 e. The number of hydrogen-bond donors (Lipinski definition) is 14. The maximum atomic E-state index is 13.6. The molecular formula is C46H71N11O13S6. The summed E-state index contributed by atoms with van der Waals surface area (Å²) in [6.45, 7) is 5.25. The topological polar surface area (TPSA) is 380 Å². The number of Topliss-reactive ketones (excluding diaryl/α,β-unsaturated/α-hetero) is 3. The first-order valence-electron chi connectivity index (χ1n) is 24.4. The minimum atomic E-state index is -1.68. The molecule has 1 aromatic rings. The summed E-state index contributed by atoms with van der Waals surface area (Å²) < 4.78 is 0. The van der Waals surface area contributed by atoms with Gasteiger partial charge < -0.3 is 53.6 Å². The van der Waals surface area contributed by atoms with Crippen LogP contribution in [0.2, 0.25) is 0 Å². The summed E-state index contributed by atoms with van der Waals surface area (Å²) in [7, 11) is 6.03. The molecule has 3 unspecified atom stereocenters. The molecule has 0 spiro atoms. The van der Waals surface area contributed by atoms with Crippen molar-refractivity contribution >= 4 is 133 Å². The molecule has 0 saturated carbocycles. The van der Waals surface area contributed by atoms with E-state index in [1.807, 2.05) is 6.92 Å². The Morgan fingerprint density at radius 2 is 1.57 bits per heavy atom. The highest BCUT2D eigenvalue weighted by Crippen LogP contribution is 2.33. The van der Waals surface area contributed by atoms with Gasteiger partial charge in [0.25, 0.3) is 0 Å². The number of carbonyl (C=O) groups excluding carboxylic acids is 11. The molecule has 30 heteroatoms. The maximum absolute atomic E-state index is 13.6. The van der Waals surface area contributed by atoms with E-state index in [-0.39, 0.29) is 71.8 Å². The third-order valence-corrected chi connectivity index (χ3v) is 17.6. The summed E-state index contributed by atoms with van der Waals surface area (Å²) in [6.07, 6.45) is -0.267. The molecule has 0 aromatic heterocycles. The highest BCUT2D eigenvalue weighted by molar-refractivity contribution is 8.77. The molecule has 0 bridgehead atoms. The third-order valence-electron chi connectivity index (χ3n) is 12.1. The molecular weight excluding hydrogens is 1110 g/mol. The highest BCUT2D eigenvalue weighted by Gasteiger charge is 2.38. The Morgan fingerprint density at radius 3 is 2.18 bits per heavy atom. The molecule has 2 aliphatic rings. The first-order valence-corrected chi connectivity index (χ1v) is 30.6. The van der Waals surface area contributed by atoms with Gasteiger partial charge in [0, 0.05) is 41.9 Å². The van der Waals surface area contributed by atoms with Crippen molar-refractivity contribution in [2.45, 2.75) is 121 Å². The molecule has 14 N–H and O–H groups in total. The zero-order valence-electron chi connectivity index (χ0n) is 42.6. The molecule has 8 amide bonds. The smallest absolute Gasteiger partial charge is 0.245 e. The van der Waals surface area contributed by atoms with Crippen molar-refractivity contribution in [2.75, 3.05) is 47.7 Å². The van der Waals surface area contributed by atoms with Crippen LogP contribution in [0.25, 0.3) is 0 Å². The summed E-state index contributed by atoms with van der Waals surface area (Å²) in [4.78, 5) is 143. The second-order valence-electron chi connectivity index (χ2n) is 18.2. The molecule has 11 atom stereocenters. The van der Waals surface area contributed by atoms with E-state index in [0.717, 1.165) is 5.75 Å². The van der Waals surface area contributed by atoms with E-state index < -0.39 is 120 Å². The van der Waals surface area contributed by atoms with Gasteiger partial charge in [0.2, 0.25) is 58.8 Å². The van der Waals surface area contributed by atoms with E-state index in [1.54, 1.807) is 21.6 Å². The van der Waals surface area contributed by atoms with Gasteiger partial charge in [0.1, 0.15) is 36.0 Å². The zero-order valence-corrected chi connectivity index (χ0v) is 47.6. The lowest BCUT2D eigenvalue weighted by atomic mass is 9.93. The fourth-order valence-corrected chi connectivity index (χ4v) is 13.1. The van der Waals surface area contributed by atoms with E-state index in [2.05, 4.69) is 67.9 Å². The molecule has 1 aromatic carbocycles. The molecule has 2 aliphatic heterocycles. The van der Waals surface area contributed by atoms with Gasteiger partial charge in [0.15, 0.2) is 5.78 Å². The fourth-order valence-electron chi connectivity index (χ4n) is 7.70. The van der Waals surface area contributed by atoms with Crippen LogP contribution in [0, 0.1) is 11.8 Å². The SMILES string of the molecule is CC[C@@H]1CC(CSSCN[C@@H](CS)C(=O)C(=O)[C@H](C)NC(=O)[C@@H]2CCCN2NC(CC(N)=O)C(=O)N[C@H](C(=O)NCC(=O)NC(C)C(=O)N[C@@H](Cc2ccc(O)cc2)C(N)=O)[C@@H](C)O)CSSCC(=O)[C@H](CS)NC1=O. The summed E-state index contributed by atoms with van der Waals surface area (Å²) in [6, 6.07) is -3.54. The monoisotopic (exact) mass is 1180 g/mol. The van der Waals surface area contributed by atoms with E-state index in [9.17, 15) is 63.0 Å². The number of primary amides is 2. The number of phenols is 1. The number of carbonyl (C=O) groups is 11. The molecule has 0 aliphatic carbocycles. The number of rotatable bonds is 30. The second kappa shape index (κ2) is 33.9. The average molecular weight is 1180 g/mol. The van der Waals surface area contributed by atoms with E-state index in [1.165, 1.54) is 71.6 Å². The van der Waals surface area contributed by atoms with Crippen molar-refractivity contribution in [2.24, 2.45) is 23.3 Å². The Labute approximate surface area is 468 Å². The van der Waals surface area contributed by atoms with Gasteiger partial charge in [-0.2, -0.15) is 25.3 Å². The van der Waals surface area contributed by atoms with Crippen molar-refractivity contribution < 1.29 is 63.0 Å².